The normalized spacial score (nSPS) is 10.4. The molecule has 140 valence electrons. The van der Waals surface area contributed by atoms with Crippen LogP contribution in [0.3, 0.4) is 0 Å². The molecule has 0 aliphatic heterocycles. The van der Waals surface area contributed by atoms with Crippen molar-refractivity contribution in [3.8, 4) is 11.5 Å². The molecule has 0 bridgehead atoms. The lowest BCUT2D eigenvalue weighted by molar-refractivity contribution is 0.0946. The van der Waals surface area contributed by atoms with Crippen molar-refractivity contribution in [2.45, 2.75) is 19.6 Å². The van der Waals surface area contributed by atoms with Crippen molar-refractivity contribution in [2.24, 2.45) is 0 Å². The summed E-state index contributed by atoms with van der Waals surface area (Å²) in [4.78, 5) is 12.2. The zero-order valence-corrected chi connectivity index (χ0v) is 15.3. The second-order valence-corrected chi connectivity index (χ2v) is 6.04. The van der Waals surface area contributed by atoms with Gasteiger partial charge in [0.1, 0.15) is 17.2 Å². The summed E-state index contributed by atoms with van der Waals surface area (Å²) in [7, 11) is 1.66. The molecule has 0 fully saturated rings. The fourth-order valence-electron chi connectivity index (χ4n) is 2.63. The summed E-state index contributed by atoms with van der Waals surface area (Å²) in [5.41, 5.74) is 1.57. The Morgan fingerprint density at radius 1 is 1.07 bits per heavy atom. The van der Waals surface area contributed by atoms with Gasteiger partial charge >= 0.3 is 0 Å². The van der Waals surface area contributed by atoms with Crippen molar-refractivity contribution in [1.29, 1.82) is 0 Å². The number of methoxy groups -OCH3 is 1. The zero-order valence-electron chi connectivity index (χ0n) is 15.3. The van der Waals surface area contributed by atoms with Crippen LogP contribution in [0.15, 0.2) is 66.9 Å². The lowest BCUT2D eigenvalue weighted by Crippen LogP contribution is -2.25. The lowest BCUT2D eigenvalue weighted by atomic mass is 10.1. The highest BCUT2D eigenvalue weighted by molar-refractivity contribution is 5.92. The van der Waals surface area contributed by atoms with Crippen LogP contribution in [0, 0.1) is 0 Å². The number of para-hydroxylation sites is 1. The molecule has 0 saturated heterocycles. The van der Waals surface area contributed by atoms with Gasteiger partial charge in [-0.25, -0.2) is 4.68 Å². The molecular formula is C21H23N3O3. The molecule has 1 N–H and O–H groups in total. The monoisotopic (exact) mass is 365 g/mol. The Labute approximate surface area is 158 Å². The number of carbonyl (C=O) groups is 1. The van der Waals surface area contributed by atoms with Crippen LogP contribution in [0.5, 0.6) is 11.5 Å². The molecule has 3 aromatic rings. The number of carbonyl (C=O) groups excluding carboxylic acids is 1. The minimum atomic E-state index is -0.181. The van der Waals surface area contributed by atoms with Gasteiger partial charge in [-0.15, -0.1) is 0 Å². The molecule has 0 aliphatic carbocycles. The number of amides is 1. The molecular weight excluding hydrogens is 342 g/mol. The Balaban J connectivity index is 1.41. The summed E-state index contributed by atoms with van der Waals surface area (Å²) in [5.74, 6) is 1.43. The van der Waals surface area contributed by atoms with E-state index in [1.54, 1.807) is 24.1 Å². The molecule has 0 unspecified atom stereocenters. The molecule has 1 amide bonds. The predicted molar refractivity (Wildman–Crippen MR) is 103 cm³/mol. The van der Waals surface area contributed by atoms with Gasteiger partial charge in [0, 0.05) is 12.7 Å². The van der Waals surface area contributed by atoms with E-state index in [-0.39, 0.29) is 12.6 Å². The lowest BCUT2D eigenvalue weighted by Gasteiger charge is -2.06. The van der Waals surface area contributed by atoms with E-state index in [0.717, 1.165) is 24.3 Å². The van der Waals surface area contributed by atoms with E-state index in [1.807, 2.05) is 48.5 Å². The van der Waals surface area contributed by atoms with Crippen LogP contribution in [-0.2, 0) is 13.2 Å². The van der Waals surface area contributed by atoms with Crippen LogP contribution in [-0.4, -0.2) is 29.3 Å². The number of hydrogen-bond donors (Lipinski definition) is 1. The van der Waals surface area contributed by atoms with Crippen molar-refractivity contribution >= 4 is 5.91 Å². The summed E-state index contributed by atoms with van der Waals surface area (Å²) < 4.78 is 12.4. The van der Waals surface area contributed by atoms with E-state index in [2.05, 4.69) is 16.5 Å². The van der Waals surface area contributed by atoms with Gasteiger partial charge in [0.2, 0.25) is 0 Å². The Bertz CT molecular complexity index is 862. The van der Waals surface area contributed by atoms with Gasteiger partial charge in [0.05, 0.1) is 7.11 Å². The van der Waals surface area contributed by atoms with Gasteiger partial charge in [-0.1, -0.05) is 30.3 Å². The summed E-state index contributed by atoms with van der Waals surface area (Å²) in [5, 5.41) is 7.15. The number of nitrogens with zero attached hydrogens (tertiary/aromatic N) is 2. The zero-order chi connectivity index (χ0) is 18.9. The minimum absolute atomic E-state index is 0.181. The Morgan fingerprint density at radius 3 is 2.70 bits per heavy atom. The van der Waals surface area contributed by atoms with Gasteiger partial charge in [-0.3, -0.25) is 4.79 Å². The molecule has 2 aromatic carbocycles. The quantitative estimate of drug-likeness (QED) is 0.591. The van der Waals surface area contributed by atoms with E-state index in [4.69, 9.17) is 9.47 Å². The van der Waals surface area contributed by atoms with Crippen molar-refractivity contribution in [3.63, 3.8) is 0 Å². The van der Waals surface area contributed by atoms with Crippen molar-refractivity contribution in [2.75, 3.05) is 13.7 Å². The maximum Gasteiger partial charge on any atom is 0.271 e. The van der Waals surface area contributed by atoms with Gasteiger partial charge in [-0.2, -0.15) is 5.10 Å². The van der Waals surface area contributed by atoms with Gasteiger partial charge in [0.15, 0.2) is 6.73 Å². The van der Waals surface area contributed by atoms with Crippen LogP contribution >= 0.6 is 0 Å². The third kappa shape index (κ3) is 5.60. The molecule has 6 nitrogen and oxygen atoms in total. The first-order chi connectivity index (χ1) is 13.2. The third-order valence-electron chi connectivity index (χ3n) is 4.04. The van der Waals surface area contributed by atoms with E-state index in [9.17, 15) is 4.79 Å². The molecule has 0 atom stereocenters. The maximum atomic E-state index is 12.2. The van der Waals surface area contributed by atoms with E-state index in [1.165, 1.54) is 5.56 Å². The first kappa shape index (κ1) is 18.5. The van der Waals surface area contributed by atoms with Crippen molar-refractivity contribution in [3.05, 3.63) is 78.1 Å². The molecule has 0 aliphatic rings. The summed E-state index contributed by atoms with van der Waals surface area (Å²) in [6.07, 6.45) is 3.45. The standard InChI is InChI=1S/C21H23N3O3/c1-26-19-11-5-7-17(15-19)8-6-13-22-21(25)20-12-14-24(23-20)16-27-18-9-3-2-4-10-18/h2-5,7,9-12,14-15H,6,8,13,16H2,1H3,(H,22,25). The molecule has 27 heavy (non-hydrogen) atoms. The summed E-state index contributed by atoms with van der Waals surface area (Å²) in [6, 6.07) is 19.1. The Hall–Kier alpha value is -3.28. The van der Waals surface area contributed by atoms with Gasteiger partial charge in [-0.05, 0) is 48.7 Å². The average molecular weight is 365 g/mol. The van der Waals surface area contributed by atoms with Crippen LogP contribution in [0.4, 0.5) is 0 Å². The number of hydrogen-bond acceptors (Lipinski definition) is 4. The second-order valence-electron chi connectivity index (χ2n) is 6.04. The number of benzene rings is 2. The van der Waals surface area contributed by atoms with Gasteiger partial charge < -0.3 is 14.8 Å². The fourth-order valence-corrected chi connectivity index (χ4v) is 2.63. The van der Waals surface area contributed by atoms with Crippen LogP contribution < -0.4 is 14.8 Å². The number of aromatic nitrogens is 2. The highest BCUT2D eigenvalue weighted by atomic mass is 16.5. The molecule has 0 saturated carbocycles. The van der Waals surface area contributed by atoms with E-state index >= 15 is 0 Å². The van der Waals surface area contributed by atoms with Crippen molar-refractivity contribution in [1.82, 2.24) is 15.1 Å². The maximum absolute atomic E-state index is 12.2. The van der Waals surface area contributed by atoms with Crippen LogP contribution in [0.1, 0.15) is 22.5 Å². The average Bonchev–Trinajstić information content (AvgIpc) is 3.20. The van der Waals surface area contributed by atoms with Crippen molar-refractivity contribution < 1.29 is 14.3 Å². The SMILES string of the molecule is COc1cccc(CCCNC(=O)c2ccn(COc3ccccc3)n2)c1. The molecule has 0 spiro atoms. The molecule has 0 radical (unpaired) electrons. The topological polar surface area (TPSA) is 65.4 Å². The predicted octanol–water partition coefficient (Wildman–Crippen LogP) is 3.29. The summed E-state index contributed by atoms with van der Waals surface area (Å²) >= 11 is 0. The highest BCUT2D eigenvalue weighted by Gasteiger charge is 2.09. The summed E-state index contributed by atoms with van der Waals surface area (Å²) in [6.45, 7) is 0.844. The van der Waals surface area contributed by atoms with Crippen LogP contribution in [0.2, 0.25) is 0 Å². The minimum Gasteiger partial charge on any atom is -0.497 e. The number of rotatable bonds is 9. The smallest absolute Gasteiger partial charge is 0.271 e. The highest BCUT2D eigenvalue weighted by Crippen LogP contribution is 2.13. The molecule has 1 aromatic heterocycles. The fraction of sp³-hybridized carbons (Fsp3) is 0.238. The number of ether oxygens (including phenoxy) is 2. The first-order valence-corrected chi connectivity index (χ1v) is 8.87. The van der Waals surface area contributed by atoms with Crippen LogP contribution in [0.25, 0.3) is 0 Å². The molecule has 6 heteroatoms. The largest absolute Gasteiger partial charge is 0.497 e. The van der Waals surface area contributed by atoms with E-state index < -0.39 is 0 Å². The molecule has 1 heterocycles. The second kappa shape index (κ2) is 9.43. The Kier molecular flexibility index (Phi) is 6.46. The molecule has 3 rings (SSSR count). The first-order valence-electron chi connectivity index (χ1n) is 8.87. The number of aryl methyl sites for hydroxylation is 1. The van der Waals surface area contributed by atoms with E-state index in [0.29, 0.717) is 12.2 Å². The number of nitrogens with one attached hydrogen (secondary N) is 1. The van der Waals surface area contributed by atoms with Gasteiger partial charge in [0.25, 0.3) is 5.91 Å². The Morgan fingerprint density at radius 2 is 1.89 bits per heavy atom. The third-order valence-corrected chi connectivity index (χ3v) is 4.04.